The molecule has 0 spiro atoms. The molecule has 0 aromatic carbocycles. The van der Waals surface area contributed by atoms with Gasteiger partial charge in [0.2, 0.25) is 5.88 Å². The molecule has 0 aliphatic heterocycles. The largest absolute Gasteiger partial charge is 0.477 e. The fourth-order valence-electron chi connectivity index (χ4n) is 1.19. The predicted octanol–water partition coefficient (Wildman–Crippen LogP) is 2.51. The van der Waals surface area contributed by atoms with Crippen LogP contribution in [0.1, 0.15) is 36.7 Å². The summed E-state index contributed by atoms with van der Waals surface area (Å²) in [5.41, 5.74) is 0.809. The van der Waals surface area contributed by atoms with Gasteiger partial charge in [-0.15, -0.1) is 0 Å². The Kier molecular flexibility index (Phi) is 3.88. The number of hydrogen-bond donors (Lipinski definition) is 1. The number of pyridine rings is 1. The molecule has 0 saturated carbocycles. The molecule has 0 amide bonds. The number of carboxylic acids is 1. The second-order valence-electron chi connectivity index (χ2n) is 4.18. The lowest BCUT2D eigenvalue weighted by molar-refractivity contribution is 0.0684. The van der Waals surface area contributed by atoms with Crippen LogP contribution in [0.5, 0.6) is 5.88 Å². The zero-order chi connectivity index (χ0) is 12.3. The van der Waals surface area contributed by atoms with Gasteiger partial charge in [0.05, 0.1) is 6.10 Å². The summed E-state index contributed by atoms with van der Waals surface area (Å²) in [5, 5.41) is 9.08. The highest BCUT2D eigenvalue weighted by Crippen LogP contribution is 2.21. The van der Waals surface area contributed by atoms with Gasteiger partial charge in [-0.05, 0) is 31.4 Å². The SMILES string of the molecule is Cc1ccnc(OC(C)C(C)C)c1C(=O)O. The van der Waals surface area contributed by atoms with E-state index >= 15 is 0 Å². The normalized spacial score (nSPS) is 12.6. The molecule has 1 atom stereocenters. The van der Waals surface area contributed by atoms with Crippen LogP contribution in [0.4, 0.5) is 0 Å². The van der Waals surface area contributed by atoms with E-state index in [0.29, 0.717) is 11.5 Å². The number of hydrogen-bond acceptors (Lipinski definition) is 3. The minimum atomic E-state index is -1.00. The zero-order valence-corrected chi connectivity index (χ0v) is 10.0. The summed E-state index contributed by atoms with van der Waals surface area (Å²) in [6.07, 6.45) is 1.50. The standard InChI is InChI=1S/C12H17NO3/c1-7(2)9(4)16-11-10(12(14)15)8(3)5-6-13-11/h5-7,9H,1-4H3,(H,14,15). The van der Waals surface area contributed by atoms with Crippen LogP contribution in [0, 0.1) is 12.8 Å². The third kappa shape index (κ3) is 2.72. The van der Waals surface area contributed by atoms with Crippen molar-refractivity contribution in [3.05, 3.63) is 23.4 Å². The molecular weight excluding hydrogens is 206 g/mol. The summed E-state index contributed by atoms with van der Waals surface area (Å²) in [6.45, 7) is 7.67. The third-order valence-corrected chi connectivity index (χ3v) is 2.57. The van der Waals surface area contributed by atoms with E-state index in [9.17, 15) is 4.79 Å². The minimum absolute atomic E-state index is 0.0626. The van der Waals surface area contributed by atoms with Crippen LogP contribution in [0.15, 0.2) is 12.3 Å². The van der Waals surface area contributed by atoms with E-state index in [-0.39, 0.29) is 17.5 Å². The Hall–Kier alpha value is -1.58. The van der Waals surface area contributed by atoms with Gasteiger partial charge in [0.1, 0.15) is 5.56 Å². The van der Waals surface area contributed by atoms with E-state index in [4.69, 9.17) is 9.84 Å². The summed E-state index contributed by atoms with van der Waals surface area (Å²) in [7, 11) is 0. The van der Waals surface area contributed by atoms with Gasteiger partial charge in [-0.25, -0.2) is 9.78 Å². The molecule has 0 fully saturated rings. The summed E-state index contributed by atoms with van der Waals surface area (Å²) in [5.74, 6) is -0.491. The predicted molar refractivity (Wildman–Crippen MR) is 60.9 cm³/mol. The number of aromatic nitrogens is 1. The van der Waals surface area contributed by atoms with Gasteiger partial charge in [0.25, 0.3) is 0 Å². The van der Waals surface area contributed by atoms with Crippen molar-refractivity contribution in [1.29, 1.82) is 0 Å². The van der Waals surface area contributed by atoms with E-state index in [1.165, 1.54) is 0 Å². The Bertz CT molecular complexity index is 388. The van der Waals surface area contributed by atoms with Gasteiger partial charge in [0.15, 0.2) is 0 Å². The van der Waals surface area contributed by atoms with Crippen LogP contribution in [0.2, 0.25) is 0 Å². The first kappa shape index (κ1) is 12.5. The van der Waals surface area contributed by atoms with E-state index in [2.05, 4.69) is 4.98 Å². The van der Waals surface area contributed by atoms with Crippen LogP contribution in [-0.2, 0) is 0 Å². The highest BCUT2D eigenvalue weighted by molar-refractivity contribution is 5.91. The summed E-state index contributed by atoms with van der Waals surface area (Å²) >= 11 is 0. The number of nitrogens with zero attached hydrogens (tertiary/aromatic N) is 1. The Morgan fingerprint density at radius 2 is 2.06 bits per heavy atom. The highest BCUT2D eigenvalue weighted by atomic mass is 16.5. The first-order chi connectivity index (χ1) is 7.43. The highest BCUT2D eigenvalue weighted by Gasteiger charge is 2.18. The Labute approximate surface area is 95.3 Å². The Morgan fingerprint density at radius 3 is 2.56 bits per heavy atom. The maximum Gasteiger partial charge on any atom is 0.341 e. The molecule has 4 nitrogen and oxygen atoms in total. The number of rotatable bonds is 4. The summed E-state index contributed by atoms with van der Waals surface area (Å²) < 4.78 is 5.56. The van der Waals surface area contributed by atoms with E-state index in [0.717, 1.165) is 0 Å². The van der Waals surface area contributed by atoms with Gasteiger partial charge < -0.3 is 9.84 Å². The average Bonchev–Trinajstić information content (AvgIpc) is 2.16. The lowest BCUT2D eigenvalue weighted by Gasteiger charge is -2.18. The molecule has 1 aromatic heterocycles. The van der Waals surface area contributed by atoms with Crippen molar-refractivity contribution in [3.8, 4) is 5.88 Å². The fraction of sp³-hybridized carbons (Fsp3) is 0.500. The number of carboxylic acid groups (broad SMARTS) is 1. The molecule has 1 heterocycles. The van der Waals surface area contributed by atoms with Crippen molar-refractivity contribution < 1.29 is 14.6 Å². The summed E-state index contributed by atoms with van der Waals surface area (Å²) in [4.78, 5) is 15.1. The molecule has 1 rings (SSSR count). The first-order valence-electron chi connectivity index (χ1n) is 5.29. The molecule has 1 aromatic rings. The van der Waals surface area contributed by atoms with E-state index < -0.39 is 5.97 Å². The second kappa shape index (κ2) is 4.96. The van der Waals surface area contributed by atoms with Gasteiger partial charge in [-0.3, -0.25) is 0 Å². The number of ether oxygens (including phenoxy) is 1. The van der Waals surface area contributed by atoms with Crippen molar-refractivity contribution in [2.24, 2.45) is 5.92 Å². The van der Waals surface area contributed by atoms with Crippen LogP contribution >= 0.6 is 0 Å². The van der Waals surface area contributed by atoms with Crippen molar-refractivity contribution >= 4 is 5.97 Å². The smallest absolute Gasteiger partial charge is 0.341 e. The number of carbonyl (C=O) groups is 1. The van der Waals surface area contributed by atoms with Gasteiger partial charge >= 0.3 is 5.97 Å². The molecule has 0 bridgehead atoms. The molecule has 16 heavy (non-hydrogen) atoms. The number of aromatic carboxylic acids is 1. The molecular formula is C12H17NO3. The van der Waals surface area contributed by atoms with Crippen molar-refractivity contribution in [3.63, 3.8) is 0 Å². The van der Waals surface area contributed by atoms with Crippen molar-refractivity contribution in [1.82, 2.24) is 4.98 Å². The monoisotopic (exact) mass is 223 g/mol. The lowest BCUT2D eigenvalue weighted by Crippen LogP contribution is -2.21. The van der Waals surface area contributed by atoms with Crippen LogP contribution in [0.3, 0.4) is 0 Å². The van der Waals surface area contributed by atoms with Gasteiger partial charge in [0, 0.05) is 6.20 Å². The van der Waals surface area contributed by atoms with Crippen molar-refractivity contribution in [2.45, 2.75) is 33.8 Å². The van der Waals surface area contributed by atoms with E-state index in [1.54, 1.807) is 19.2 Å². The fourth-order valence-corrected chi connectivity index (χ4v) is 1.19. The third-order valence-electron chi connectivity index (χ3n) is 2.57. The van der Waals surface area contributed by atoms with E-state index in [1.807, 2.05) is 20.8 Å². The average molecular weight is 223 g/mol. The van der Waals surface area contributed by atoms with Crippen LogP contribution < -0.4 is 4.74 Å². The maximum absolute atomic E-state index is 11.1. The quantitative estimate of drug-likeness (QED) is 0.852. The molecule has 1 unspecified atom stereocenters. The van der Waals surface area contributed by atoms with Gasteiger partial charge in [-0.1, -0.05) is 13.8 Å². The maximum atomic E-state index is 11.1. The van der Waals surface area contributed by atoms with Crippen LogP contribution in [0.25, 0.3) is 0 Å². The molecule has 0 aliphatic rings. The molecule has 88 valence electrons. The lowest BCUT2D eigenvalue weighted by atomic mass is 10.1. The molecule has 0 saturated heterocycles. The topological polar surface area (TPSA) is 59.4 Å². The molecule has 1 N–H and O–H groups in total. The molecule has 0 aliphatic carbocycles. The number of aryl methyl sites for hydroxylation is 1. The van der Waals surface area contributed by atoms with Gasteiger partial charge in [-0.2, -0.15) is 0 Å². The Morgan fingerprint density at radius 1 is 1.44 bits per heavy atom. The second-order valence-corrected chi connectivity index (χ2v) is 4.18. The molecule has 0 radical (unpaired) electrons. The Balaban J connectivity index is 3.04. The zero-order valence-electron chi connectivity index (χ0n) is 10.0. The van der Waals surface area contributed by atoms with Crippen LogP contribution in [-0.4, -0.2) is 22.2 Å². The summed E-state index contributed by atoms with van der Waals surface area (Å²) in [6, 6.07) is 1.66. The first-order valence-corrected chi connectivity index (χ1v) is 5.29. The van der Waals surface area contributed by atoms with Crippen molar-refractivity contribution in [2.75, 3.05) is 0 Å². The molecule has 4 heteroatoms. The minimum Gasteiger partial charge on any atom is -0.477 e.